The second kappa shape index (κ2) is 11.6. The van der Waals surface area contributed by atoms with Gasteiger partial charge in [0.05, 0.1) is 50.5 Å². The molecule has 1 saturated heterocycles. The molecule has 1 amide bonds. The normalized spacial score (nSPS) is 16.2. The number of nitrogens with zero attached hydrogens (tertiary/aromatic N) is 7. The summed E-state index contributed by atoms with van der Waals surface area (Å²) in [5, 5.41) is 18.3. The molecule has 1 aromatic carbocycles. The van der Waals surface area contributed by atoms with Crippen molar-refractivity contribution in [3.8, 4) is 16.8 Å². The largest absolute Gasteiger partial charge is 0.496 e. The fourth-order valence-electron chi connectivity index (χ4n) is 5.16. The third kappa shape index (κ3) is 5.14. The van der Waals surface area contributed by atoms with E-state index in [1.807, 2.05) is 6.07 Å². The average molecular weight is 582 g/mol. The zero-order valence-corrected chi connectivity index (χ0v) is 23.6. The number of aryl methyl sites for hydroxylation is 1. The highest BCUT2D eigenvalue weighted by atomic mass is 32.1. The molecule has 0 saturated carbocycles. The Morgan fingerprint density at radius 3 is 2.71 bits per heavy atom. The van der Waals surface area contributed by atoms with Gasteiger partial charge < -0.3 is 14.4 Å². The maximum Gasteiger partial charge on any atom is 0.332 e. The summed E-state index contributed by atoms with van der Waals surface area (Å²) in [7, 11) is 3.08. The van der Waals surface area contributed by atoms with Gasteiger partial charge >= 0.3 is 5.69 Å². The molecule has 4 heterocycles. The van der Waals surface area contributed by atoms with E-state index >= 15 is 0 Å². The summed E-state index contributed by atoms with van der Waals surface area (Å²) in [6.45, 7) is 2.13. The summed E-state index contributed by atoms with van der Waals surface area (Å²) in [6.07, 6.45) is 3.10. The van der Waals surface area contributed by atoms with Crippen LogP contribution in [0.5, 0.6) is 5.75 Å². The summed E-state index contributed by atoms with van der Waals surface area (Å²) < 4.78 is 28.3. The van der Waals surface area contributed by atoms with E-state index in [-0.39, 0.29) is 30.9 Å². The van der Waals surface area contributed by atoms with Gasteiger partial charge in [0.15, 0.2) is 0 Å². The monoisotopic (exact) mass is 581 g/mol. The van der Waals surface area contributed by atoms with Crippen molar-refractivity contribution >= 4 is 27.5 Å². The van der Waals surface area contributed by atoms with Gasteiger partial charge in [0, 0.05) is 24.7 Å². The summed E-state index contributed by atoms with van der Waals surface area (Å²) in [4.78, 5) is 44.6. The number of benzene rings is 1. The number of carbonyl (C=O) groups excluding carboxylic acids is 1. The van der Waals surface area contributed by atoms with Gasteiger partial charge in [-0.3, -0.25) is 14.2 Å². The van der Waals surface area contributed by atoms with Crippen LogP contribution in [-0.2, 0) is 16.1 Å². The summed E-state index contributed by atoms with van der Waals surface area (Å²) >= 11 is 1.15. The minimum Gasteiger partial charge on any atom is -0.496 e. The molecule has 0 spiro atoms. The second-order valence-electron chi connectivity index (χ2n) is 9.67. The van der Waals surface area contributed by atoms with Crippen LogP contribution in [-0.4, -0.2) is 62.2 Å². The molecule has 0 N–H and O–H groups in total. The first-order chi connectivity index (χ1) is 19.8. The fourth-order valence-corrected chi connectivity index (χ4v) is 6.38. The lowest BCUT2D eigenvalue weighted by atomic mass is 10.0. The molecule has 3 aromatic heterocycles. The minimum absolute atomic E-state index is 0.0101. The molecule has 2 atom stereocenters. The Bertz CT molecular complexity index is 1750. The highest BCUT2D eigenvalue weighted by molar-refractivity contribution is 7.21. The standard InChI is InChI=1S/C27H28FN7O5S/c1-16-22-24(37)34(19-6-4-12-32(2)23(19)36)27(38)33(26(22)41-25(16)35-30-10-11-31-35)15-21(40-13-5-9-29)18-14-17(28)7-8-20(18)39-3/h7-8,10-11,14,19,21H,4-6,12-13,15H2,1-3H3/t19-,21-/m0/s1. The number of amides is 1. The Morgan fingerprint density at radius 2 is 2.00 bits per heavy atom. The van der Waals surface area contributed by atoms with E-state index in [9.17, 15) is 18.8 Å². The molecule has 1 fully saturated rings. The molecule has 4 aromatic rings. The number of fused-ring (bicyclic) bond motifs is 1. The average Bonchev–Trinajstić information content (AvgIpc) is 3.60. The number of likely N-dealkylation sites (tertiary alicyclic amines) is 1. The Hall–Kier alpha value is -4.35. The molecule has 214 valence electrons. The van der Waals surface area contributed by atoms with Crippen molar-refractivity contribution in [2.45, 2.75) is 44.9 Å². The molecule has 14 heteroatoms. The third-order valence-corrected chi connectivity index (χ3v) is 8.46. The zero-order chi connectivity index (χ0) is 29.3. The van der Waals surface area contributed by atoms with Crippen LogP contribution in [0.25, 0.3) is 15.2 Å². The number of methoxy groups -OCH3 is 1. The summed E-state index contributed by atoms with van der Waals surface area (Å²) in [5.74, 6) is -0.525. The zero-order valence-electron chi connectivity index (χ0n) is 22.7. The molecular weight excluding hydrogens is 553 g/mol. The molecule has 1 aliphatic rings. The van der Waals surface area contributed by atoms with Crippen molar-refractivity contribution in [2.75, 3.05) is 27.3 Å². The smallest absolute Gasteiger partial charge is 0.332 e. The van der Waals surface area contributed by atoms with Crippen molar-refractivity contribution in [3.05, 3.63) is 68.4 Å². The molecule has 0 unspecified atom stereocenters. The topological polar surface area (TPSA) is 137 Å². The number of hydrogen-bond acceptors (Lipinski definition) is 9. The van der Waals surface area contributed by atoms with Crippen LogP contribution in [0.2, 0.25) is 0 Å². The van der Waals surface area contributed by atoms with Crippen molar-refractivity contribution in [3.63, 3.8) is 0 Å². The van der Waals surface area contributed by atoms with Crippen LogP contribution in [0.3, 0.4) is 0 Å². The number of thiophene rings is 1. The van der Waals surface area contributed by atoms with E-state index in [4.69, 9.17) is 14.7 Å². The van der Waals surface area contributed by atoms with Gasteiger partial charge in [-0.05, 0) is 38.0 Å². The Morgan fingerprint density at radius 1 is 1.24 bits per heavy atom. The molecule has 0 aliphatic carbocycles. The van der Waals surface area contributed by atoms with Gasteiger partial charge in [-0.15, -0.1) is 4.80 Å². The van der Waals surface area contributed by atoms with Crippen LogP contribution >= 0.6 is 11.3 Å². The first kappa shape index (κ1) is 28.2. The van der Waals surface area contributed by atoms with Crippen molar-refractivity contribution in [1.29, 1.82) is 5.26 Å². The van der Waals surface area contributed by atoms with E-state index in [2.05, 4.69) is 10.2 Å². The lowest BCUT2D eigenvalue weighted by Crippen LogP contribution is -2.49. The third-order valence-electron chi connectivity index (χ3n) is 7.18. The van der Waals surface area contributed by atoms with Crippen molar-refractivity contribution in [2.24, 2.45) is 0 Å². The number of carbonyl (C=O) groups is 1. The van der Waals surface area contributed by atoms with Gasteiger partial charge in [-0.1, -0.05) is 11.3 Å². The van der Waals surface area contributed by atoms with Crippen LogP contribution in [0.4, 0.5) is 4.39 Å². The number of likely N-dealkylation sites (N-methyl/N-ethyl adjacent to an activating group) is 1. The van der Waals surface area contributed by atoms with Gasteiger partial charge in [-0.25, -0.2) is 13.8 Å². The maximum absolute atomic E-state index is 14.4. The van der Waals surface area contributed by atoms with Crippen molar-refractivity contribution < 1.29 is 18.7 Å². The van der Waals surface area contributed by atoms with E-state index in [1.54, 1.807) is 14.0 Å². The molecular formula is C27H28FN7O5S. The first-order valence-corrected chi connectivity index (χ1v) is 13.8. The highest BCUT2D eigenvalue weighted by Crippen LogP contribution is 2.34. The maximum atomic E-state index is 14.4. The van der Waals surface area contributed by atoms with Crippen LogP contribution in [0.15, 0.2) is 40.2 Å². The number of nitriles is 1. The van der Waals surface area contributed by atoms with E-state index < -0.39 is 29.2 Å². The molecule has 5 rings (SSSR count). The van der Waals surface area contributed by atoms with Gasteiger partial charge in [0.2, 0.25) is 5.91 Å². The summed E-state index contributed by atoms with van der Waals surface area (Å²) in [5.41, 5.74) is -0.386. The quantitative estimate of drug-likeness (QED) is 0.275. The predicted octanol–water partition coefficient (Wildman–Crippen LogP) is 2.73. The lowest BCUT2D eigenvalue weighted by Gasteiger charge is -2.30. The molecule has 41 heavy (non-hydrogen) atoms. The second-order valence-corrected chi connectivity index (χ2v) is 10.6. The number of hydrogen-bond donors (Lipinski definition) is 0. The van der Waals surface area contributed by atoms with Crippen LogP contribution in [0, 0.1) is 24.1 Å². The molecule has 0 radical (unpaired) electrons. The fraction of sp³-hybridized carbons (Fsp3) is 0.407. The van der Waals surface area contributed by atoms with Gasteiger partial charge in [-0.2, -0.15) is 15.5 Å². The van der Waals surface area contributed by atoms with Crippen LogP contribution < -0.4 is 16.0 Å². The lowest BCUT2D eigenvalue weighted by molar-refractivity contribution is -0.136. The number of ether oxygens (including phenoxy) is 2. The Kier molecular flexibility index (Phi) is 8.00. The van der Waals surface area contributed by atoms with Crippen molar-refractivity contribution in [1.82, 2.24) is 29.0 Å². The number of halogens is 1. The number of rotatable bonds is 9. The summed E-state index contributed by atoms with van der Waals surface area (Å²) in [6, 6.07) is 5.00. The SMILES string of the molecule is COc1ccc(F)cc1[C@H](Cn1c(=O)n([C@H]2CCCN(C)C2=O)c(=O)c2c(C)c(-n3nccn3)sc21)OCCC#N. The predicted molar refractivity (Wildman–Crippen MR) is 148 cm³/mol. The molecule has 0 bridgehead atoms. The number of piperidine rings is 1. The minimum atomic E-state index is -0.975. The molecule has 12 nitrogen and oxygen atoms in total. The van der Waals surface area contributed by atoms with E-state index in [1.165, 1.54) is 52.0 Å². The molecule has 1 aliphatic heterocycles. The Balaban J connectivity index is 1.76. The van der Waals surface area contributed by atoms with E-state index in [0.717, 1.165) is 15.9 Å². The first-order valence-electron chi connectivity index (χ1n) is 13.0. The number of aromatic nitrogens is 5. The van der Waals surface area contributed by atoms with Gasteiger partial charge in [0.1, 0.15) is 33.5 Å². The van der Waals surface area contributed by atoms with E-state index in [0.29, 0.717) is 46.1 Å². The van der Waals surface area contributed by atoms with Gasteiger partial charge in [0.25, 0.3) is 5.56 Å². The highest BCUT2D eigenvalue weighted by Gasteiger charge is 2.33. The Labute approximate surface area is 237 Å². The van der Waals surface area contributed by atoms with Crippen LogP contribution in [0.1, 0.15) is 42.5 Å².